The largest absolute Gasteiger partial charge is 0.450 e. The van der Waals surface area contributed by atoms with Crippen molar-refractivity contribution in [1.82, 2.24) is 24.8 Å². The third-order valence-electron chi connectivity index (χ3n) is 5.90. The number of nitrogens with one attached hydrogen (secondary N) is 1. The summed E-state index contributed by atoms with van der Waals surface area (Å²) in [5.74, 6) is 0.379. The SMILES string of the molecule is CC(NC(=O)OCCCCn1cnc2c(N)ncnc21)c1ccc(N2CCCCC2)cc1. The first-order valence-corrected chi connectivity index (χ1v) is 11.3. The van der Waals surface area contributed by atoms with Crippen LogP contribution in [0.1, 0.15) is 50.6 Å². The van der Waals surface area contributed by atoms with Crippen molar-refractivity contribution in [3.63, 3.8) is 0 Å². The lowest BCUT2D eigenvalue weighted by atomic mass is 10.1. The van der Waals surface area contributed by atoms with E-state index in [1.807, 2.05) is 11.5 Å². The maximum Gasteiger partial charge on any atom is 0.407 e. The number of nitrogens with zero attached hydrogens (tertiary/aromatic N) is 5. The van der Waals surface area contributed by atoms with Gasteiger partial charge in [0.1, 0.15) is 11.8 Å². The van der Waals surface area contributed by atoms with Crippen LogP contribution in [0.25, 0.3) is 11.2 Å². The van der Waals surface area contributed by atoms with E-state index in [2.05, 4.69) is 49.4 Å². The lowest BCUT2D eigenvalue weighted by Gasteiger charge is -2.29. The Morgan fingerprint density at radius 3 is 2.69 bits per heavy atom. The van der Waals surface area contributed by atoms with Crippen molar-refractivity contribution in [2.45, 2.75) is 51.6 Å². The van der Waals surface area contributed by atoms with Gasteiger partial charge in [-0.05, 0) is 56.7 Å². The number of aryl methyl sites for hydroxylation is 1. The third kappa shape index (κ3) is 5.27. The van der Waals surface area contributed by atoms with Crippen molar-refractivity contribution in [2.24, 2.45) is 0 Å². The van der Waals surface area contributed by atoms with Gasteiger partial charge in [-0.2, -0.15) is 0 Å². The molecule has 0 radical (unpaired) electrons. The molecule has 1 aliphatic heterocycles. The number of amides is 1. The highest BCUT2D eigenvalue weighted by Gasteiger charge is 2.14. The smallest absolute Gasteiger partial charge is 0.407 e. The van der Waals surface area contributed by atoms with E-state index in [1.54, 1.807) is 6.33 Å². The Morgan fingerprint density at radius 1 is 1.12 bits per heavy atom. The predicted octanol–water partition coefficient (Wildman–Crippen LogP) is 3.67. The highest BCUT2D eigenvalue weighted by atomic mass is 16.5. The lowest BCUT2D eigenvalue weighted by Crippen LogP contribution is -2.29. The van der Waals surface area contributed by atoms with Crippen LogP contribution in [-0.4, -0.2) is 45.3 Å². The number of hydrogen-bond donors (Lipinski definition) is 2. The number of piperidine rings is 1. The Bertz CT molecular complexity index is 1030. The molecule has 0 aliphatic carbocycles. The molecule has 1 unspecified atom stereocenters. The van der Waals surface area contributed by atoms with Crippen molar-refractivity contribution in [3.8, 4) is 0 Å². The van der Waals surface area contributed by atoms with Gasteiger partial charge in [0.05, 0.1) is 19.0 Å². The number of hydrogen-bond acceptors (Lipinski definition) is 7. The van der Waals surface area contributed by atoms with E-state index in [0.29, 0.717) is 17.9 Å². The number of carbonyl (C=O) groups is 1. The molecule has 2 aromatic heterocycles. The van der Waals surface area contributed by atoms with Crippen LogP contribution in [0.5, 0.6) is 0 Å². The van der Waals surface area contributed by atoms with E-state index >= 15 is 0 Å². The van der Waals surface area contributed by atoms with Crippen molar-refractivity contribution >= 4 is 28.8 Å². The standard InChI is InChI=1S/C23H31N7O2/c1-17(18-7-9-19(10-8-18)29-11-3-2-4-12-29)28-23(31)32-14-6-5-13-30-16-27-20-21(24)25-15-26-22(20)30/h7-10,15-17H,2-6,11-14H2,1H3,(H,28,31)(H2,24,25,26). The van der Waals surface area contributed by atoms with Crippen LogP contribution in [0.4, 0.5) is 16.3 Å². The normalized spacial score (nSPS) is 15.0. The molecule has 9 nitrogen and oxygen atoms in total. The van der Waals surface area contributed by atoms with E-state index < -0.39 is 6.09 Å². The number of rotatable bonds is 8. The summed E-state index contributed by atoms with van der Waals surface area (Å²) in [5.41, 5.74) is 9.46. The summed E-state index contributed by atoms with van der Waals surface area (Å²) >= 11 is 0. The van der Waals surface area contributed by atoms with Gasteiger partial charge in [0.25, 0.3) is 0 Å². The van der Waals surface area contributed by atoms with E-state index in [-0.39, 0.29) is 6.04 Å². The third-order valence-corrected chi connectivity index (χ3v) is 5.90. The summed E-state index contributed by atoms with van der Waals surface area (Å²) in [4.78, 5) is 27.0. The van der Waals surface area contributed by atoms with E-state index in [4.69, 9.17) is 10.5 Å². The zero-order valence-electron chi connectivity index (χ0n) is 18.5. The molecule has 3 heterocycles. The first kappa shape index (κ1) is 21.9. The minimum absolute atomic E-state index is 0.111. The van der Waals surface area contributed by atoms with Crippen molar-refractivity contribution in [3.05, 3.63) is 42.5 Å². The Labute approximate surface area is 188 Å². The van der Waals surface area contributed by atoms with Crippen LogP contribution < -0.4 is 16.0 Å². The maximum atomic E-state index is 12.2. The van der Waals surface area contributed by atoms with Gasteiger partial charge in [-0.25, -0.2) is 19.7 Å². The van der Waals surface area contributed by atoms with Crippen molar-refractivity contribution < 1.29 is 9.53 Å². The fraction of sp³-hybridized carbons (Fsp3) is 0.478. The van der Waals surface area contributed by atoms with Gasteiger partial charge >= 0.3 is 6.09 Å². The first-order chi connectivity index (χ1) is 15.6. The quantitative estimate of drug-likeness (QED) is 0.517. The summed E-state index contributed by atoms with van der Waals surface area (Å²) in [5, 5.41) is 2.91. The van der Waals surface area contributed by atoms with Gasteiger partial charge in [0.15, 0.2) is 11.5 Å². The fourth-order valence-corrected chi connectivity index (χ4v) is 4.04. The summed E-state index contributed by atoms with van der Waals surface area (Å²) in [7, 11) is 0. The summed E-state index contributed by atoms with van der Waals surface area (Å²) in [6, 6.07) is 8.34. The Hall–Kier alpha value is -3.36. The van der Waals surface area contributed by atoms with Crippen molar-refractivity contribution in [1.29, 1.82) is 0 Å². The first-order valence-electron chi connectivity index (χ1n) is 11.3. The number of unbranched alkanes of at least 4 members (excludes halogenated alkanes) is 1. The average Bonchev–Trinajstić information content (AvgIpc) is 3.24. The van der Waals surface area contributed by atoms with Crippen LogP contribution in [-0.2, 0) is 11.3 Å². The Kier molecular flexibility index (Phi) is 7.03. The monoisotopic (exact) mass is 437 g/mol. The molecular formula is C23H31N7O2. The molecule has 1 atom stereocenters. The summed E-state index contributed by atoms with van der Waals surface area (Å²) in [6.45, 7) is 5.29. The molecule has 4 rings (SSSR count). The number of alkyl carbamates (subject to hydrolysis) is 1. The summed E-state index contributed by atoms with van der Waals surface area (Å²) in [6.07, 6.45) is 8.16. The lowest BCUT2D eigenvalue weighted by molar-refractivity contribution is 0.140. The van der Waals surface area contributed by atoms with E-state index in [9.17, 15) is 4.79 Å². The highest BCUT2D eigenvalue weighted by Crippen LogP contribution is 2.22. The molecule has 9 heteroatoms. The number of anilines is 2. The highest BCUT2D eigenvalue weighted by molar-refractivity contribution is 5.81. The predicted molar refractivity (Wildman–Crippen MR) is 124 cm³/mol. The summed E-state index contributed by atoms with van der Waals surface area (Å²) < 4.78 is 7.28. The van der Waals surface area contributed by atoms with Gasteiger partial charge < -0.3 is 25.3 Å². The molecule has 0 saturated carbocycles. The van der Waals surface area contributed by atoms with Crippen molar-refractivity contribution in [2.75, 3.05) is 30.3 Å². The molecule has 3 N–H and O–H groups in total. The number of aromatic nitrogens is 4. The minimum atomic E-state index is -0.397. The van der Waals surface area contributed by atoms with Gasteiger partial charge in [-0.3, -0.25) is 0 Å². The Balaban J connectivity index is 1.17. The van der Waals surface area contributed by atoms with Crippen LogP contribution in [0.15, 0.2) is 36.9 Å². The molecule has 1 fully saturated rings. The van der Waals surface area contributed by atoms with Gasteiger partial charge in [-0.1, -0.05) is 12.1 Å². The number of fused-ring (bicyclic) bond motifs is 1. The number of nitrogen functional groups attached to an aromatic ring is 1. The zero-order chi connectivity index (χ0) is 22.3. The second-order valence-electron chi connectivity index (χ2n) is 8.22. The molecule has 1 aliphatic rings. The molecule has 32 heavy (non-hydrogen) atoms. The van der Waals surface area contributed by atoms with E-state index in [0.717, 1.165) is 43.7 Å². The molecule has 170 valence electrons. The van der Waals surface area contributed by atoms with Crippen LogP contribution in [0.2, 0.25) is 0 Å². The maximum absolute atomic E-state index is 12.2. The molecule has 0 spiro atoms. The van der Waals surface area contributed by atoms with Crippen LogP contribution in [0.3, 0.4) is 0 Å². The number of carbonyl (C=O) groups excluding carboxylic acids is 1. The van der Waals surface area contributed by atoms with Crippen LogP contribution >= 0.6 is 0 Å². The van der Waals surface area contributed by atoms with E-state index in [1.165, 1.54) is 31.3 Å². The molecule has 1 amide bonds. The number of imidazole rings is 1. The molecule has 1 saturated heterocycles. The van der Waals surface area contributed by atoms with Gasteiger partial charge in [-0.15, -0.1) is 0 Å². The Morgan fingerprint density at radius 2 is 1.91 bits per heavy atom. The zero-order valence-corrected chi connectivity index (χ0v) is 18.5. The number of nitrogens with two attached hydrogens (primary N) is 1. The number of ether oxygens (including phenoxy) is 1. The molecular weight excluding hydrogens is 406 g/mol. The molecule has 0 bridgehead atoms. The molecule has 1 aromatic carbocycles. The number of benzene rings is 1. The fourth-order valence-electron chi connectivity index (χ4n) is 4.04. The second-order valence-corrected chi connectivity index (χ2v) is 8.22. The topological polar surface area (TPSA) is 111 Å². The van der Waals surface area contributed by atoms with Gasteiger partial charge in [0.2, 0.25) is 0 Å². The second kappa shape index (κ2) is 10.3. The molecule has 3 aromatic rings. The average molecular weight is 438 g/mol. The minimum Gasteiger partial charge on any atom is -0.450 e. The van der Waals surface area contributed by atoms with Gasteiger partial charge in [0, 0.05) is 25.3 Å². The van der Waals surface area contributed by atoms with Crippen LogP contribution in [0, 0.1) is 0 Å².